The van der Waals surface area contributed by atoms with Crippen molar-refractivity contribution in [2.45, 2.75) is 13.0 Å². The zero-order valence-electron chi connectivity index (χ0n) is 9.94. The molecule has 1 aromatic heterocycles. The van der Waals surface area contributed by atoms with Gasteiger partial charge in [0, 0.05) is 12.1 Å². The van der Waals surface area contributed by atoms with E-state index < -0.39 is 0 Å². The van der Waals surface area contributed by atoms with Gasteiger partial charge in [0.15, 0.2) is 0 Å². The van der Waals surface area contributed by atoms with Crippen LogP contribution >= 0.6 is 11.6 Å². The van der Waals surface area contributed by atoms with Crippen LogP contribution in [0, 0.1) is 0 Å². The smallest absolute Gasteiger partial charge is 0.137 e. The Morgan fingerprint density at radius 2 is 1.94 bits per heavy atom. The minimum Gasteiger partial charge on any atom is -0.366 e. The number of rotatable bonds is 5. The molecule has 0 bridgehead atoms. The molecule has 0 fully saturated rings. The highest BCUT2D eigenvalue weighted by molar-refractivity contribution is 6.30. The maximum Gasteiger partial charge on any atom is 0.137 e. The fourth-order valence-corrected chi connectivity index (χ4v) is 1.92. The van der Waals surface area contributed by atoms with Crippen LogP contribution in [0.2, 0.25) is 5.15 Å². The Labute approximate surface area is 111 Å². The molecule has 0 aliphatic heterocycles. The van der Waals surface area contributed by atoms with Gasteiger partial charge in [-0.15, -0.1) is 0 Å². The lowest BCUT2D eigenvalue weighted by Crippen LogP contribution is -2.10. The number of anilines is 1. The predicted octanol–water partition coefficient (Wildman–Crippen LogP) is 2.24. The molecule has 0 atom stereocenters. The maximum atomic E-state index is 6.04. The van der Waals surface area contributed by atoms with Gasteiger partial charge in [0.1, 0.15) is 17.3 Å². The van der Waals surface area contributed by atoms with Crippen LogP contribution in [0.25, 0.3) is 0 Å². The number of nitrogens with zero attached hydrogens (tertiary/aromatic N) is 2. The SMILES string of the molecule is NCCc1c(Cl)ncnc1NCc1ccccc1. The largest absolute Gasteiger partial charge is 0.366 e. The van der Waals surface area contributed by atoms with Crippen molar-refractivity contribution in [1.82, 2.24) is 9.97 Å². The number of hydrogen-bond acceptors (Lipinski definition) is 4. The van der Waals surface area contributed by atoms with Crippen molar-refractivity contribution >= 4 is 17.4 Å². The molecule has 2 rings (SSSR count). The first-order valence-corrected chi connectivity index (χ1v) is 6.16. The Bertz CT molecular complexity index is 502. The van der Waals surface area contributed by atoms with Crippen LogP contribution in [-0.4, -0.2) is 16.5 Å². The van der Waals surface area contributed by atoms with Crippen molar-refractivity contribution in [2.24, 2.45) is 5.73 Å². The Balaban J connectivity index is 2.11. The maximum absolute atomic E-state index is 6.04. The van der Waals surface area contributed by atoms with E-state index in [1.807, 2.05) is 18.2 Å². The minimum atomic E-state index is 0.464. The highest BCUT2D eigenvalue weighted by atomic mass is 35.5. The molecule has 1 aromatic carbocycles. The number of benzene rings is 1. The molecule has 0 aliphatic carbocycles. The first kappa shape index (κ1) is 12.8. The van der Waals surface area contributed by atoms with E-state index in [0.717, 1.165) is 11.4 Å². The average molecular weight is 263 g/mol. The molecule has 1 heterocycles. The second-order valence-electron chi connectivity index (χ2n) is 3.87. The summed E-state index contributed by atoms with van der Waals surface area (Å²) in [5, 5.41) is 3.73. The fourth-order valence-electron chi connectivity index (χ4n) is 1.69. The fraction of sp³-hybridized carbons (Fsp3) is 0.231. The first-order valence-electron chi connectivity index (χ1n) is 5.78. The molecule has 0 unspecified atom stereocenters. The minimum absolute atomic E-state index is 0.464. The molecule has 0 saturated carbocycles. The average Bonchev–Trinajstić information content (AvgIpc) is 2.41. The van der Waals surface area contributed by atoms with Crippen LogP contribution in [0.5, 0.6) is 0 Å². The van der Waals surface area contributed by atoms with Crippen LogP contribution in [0.4, 0.5) is 5.82 Å². The molecule has 18 heavy (non-hydrogen) atoms. The molecule has 0 spiro atoms. The van der Waals surface area contributed by atoms with Gasteiger partial charge in [-0.05, 0) is 18.5 Å². The Morgan fingerprint density at radius 3 is 2.67 bits per heavy atom. The zero-order chi connectivity index (χ0) is 12.8. The Hall–Kier alpha value is -1.65. The highest BCUT2D eigenvalue weighted by Crippen LogP contribution is 2.20. The molecule has 0 radical (unpaired) electrons. The third kappa shape index (κ3) is 3.18. The van der Waals surface area contributed by atoms with Gasteiger partial charge < -0.3 is 11.1 Å². The molecule has 0 amide bonds. The second kappa shape index (κ2) is 6.33. The number of aromatic nitrogens is 2. The van der Waals surface area contributed by atoms with Gasteiger partial charge in [-0.25, -0.2) is 9.97 Å². The summed E-state index contributed by atoms with van der Waals surface area (Å²) in [5.74, 6) is 0.754. The summed E-state index contributed by atoms with van der Waals surface area (Å²) in [6, 6.07) is 10.1. The topological polar surface area (TPSA) is 63.8 Å². The molecule has 3 N–H and O–H groups in total. The lowest BCUT2D eigenvalue weighted by Gasteiger charge is -2.11. The van der Waals surface area contributed by atoms with E-state index in [1.54, 1.807) is 0 Å². The summed E-state index contributed by atoms with van der Waals surface area (Å²) in [5.41, 5.74) is 7.62. The molecule has 94 valence electrons. The van der Waals surface area contributed by atoms with Crippen LogP contribution in [0.1, 0.15) is 11.1 Å². The van der Waals surface area contributed by atoms with E-state index in [1.165, 1.54) is 11.9 Å². The van der Waals surface area contributed by atoms with Gasteiger partial charge in [0.05, 0.1) is 0 Å². The quantitative estimate of drug-likeness (QED) is 0.812. The standard InChI is InChI=1S/C13H15ClN4/c14-12-11(6-7-15)13(18-9-17-12)16-8-10-4-2-1-3-5-10/h1-5,9H,6-8,15H2,(H,16,17,18). The third-order valence-electron chi connectivity index (χ3n) is 2.59. The molecule has 0 saturated heterocycles. The van der Waals surface area contributed by atoms with E-state index in [-0.39, 0.29) is 0 Å². The monoisotopic (exact) mass is 262 g/mol. The van der Waals surface area contributed by atoms with Gasteiger partial charge in [0.2, 0.25) is 0 Å². The Morgan fingerprint density at radius 1 is 1.17 bits per heavy atom. The van der Waals surface area contributed by atoms with E-state index in [0.29, 0.717) is 24.7 Å². The van der Waals surface area contributed by atoms with Gasteiger partial charge in [0.25, 0.3) is 0 Å². The second-order valence-corrected chi connectivity index (χ2v) is 4.23. The highest BCUT2D eigenvalue weighted by Gasteiger charge is 2.08. The normalized spacial score (nSPS) is 10.3. The van der Waals surface area contributed by atoms with E-state index in [4.69, 9.17) is 17.3 Å². The Kier molecular flexibility index (Phi) is 4.50. The van der Waals surface area contributed by atoms with Crippen LogP contribution in [0.3, 0.4) is 0 Å². The predicted molar refractivity (Wildman–Crippen MR) is 73.6 cm³/mol. The lowest BCUT2D eigenvalue weighted by molar-refractivity contribution is 0.934. The molecule has 0 aliphatic rings. The first-order chi connectivity index (χ1) is 8.81. The summed E-state index contributed by atoms with van der Waals surface area (Å²) in [6.07, 6.45) is 2.12. The third-order valence-corrected chi connectivity index (χ3v) is 2.92. The molecule has 2 aromatic rings. The number of hydrogen-bond donors (Lipinski definition) is 2. The van der Waals surface area contributed by atoms with Crippen molar-refractivity contribution in [3.63, 3.8) is 0 Å². The lowest BCUT2D eigenvalue weighted by atomic mass is 10.2. The number of nitrogens with two attached hydrogens (primary N) is 1. The van der Waals surface area contributed by atoms with E-state index >= 15 is 0 Å². The number of halogens is 1. The van der Waals surface area contributed by atoms with E-state index in [2.05, 4.69) is 27.4 Å². The van der Waals surface area contributed by atoms with Gasteiger partial charge >= 0.3 is 0 Å². The summed E-state index contributed by atoms with van der Waals surface area (Å²) in [4.78, 5) is 8.18. The van der Waals surface area contributed by atoms with Gasteiger partial charge in [-0.1, -0.05) is 41.9 Å². The summed E-state index contributed by atoms with van der Waals surface area (Å²) in [7, 11) is 0. The van der Waals surface area contributed by atoms with Crippen molar-refractivity contribution in [2.75, 3.05) is 11.9 Å². The van der Waals surface area contributed by atoms with Crippen molar-refractivity contribution in [1.29, 1.82) is 0 Å². The van der Waals surface area contributed by atoms with Crippen molar-refractivity contribution < 1.29 is 0 Å². The summed E-state index contributed by atoms with van der Waals surface area (Å²) in [6.45, 7) is 1.22. The summed E-state index contributed by atoms with van der Waals surface area (Å²) < 4.78 is 0. The van der Waals surface area contributed by atoms with Gasteiger partial charge in [-0.3, -0.25) is 0 Å². The van der Waals surface area contributed by atoms with Crippen LogP contribution in [-0.2, 0) is 13.0 Å². The van der Waals surface area contributed by atoms with E-state index in [9.17, 15) is 0 Å². The molecule has 4 nitrogen and oxygen atoms in total. The molecular weight excluding hydrogens is 248 g/mol. The van der Waals surface area contributed by atoms with Crippen molar-refractivity contribution in [3.8, 4) is 0 Å². The van der Waals surface area contributed by atoms with Crippen LogP contribution < -0.4 is 11.1 Å². The van der Waals surface area contributed by atoms with Gasteiger partial charge in [-0.2, -0.15) is 0 Å². The zero-order valence-corrected chi connectivity index (χ0v) is 10.7. The summed E-state index contributed by atoms with van der Waals surface area (Å²) >= 11 is 6.04. The molecular formula is C13H15ClN4. The van der Waals surface area contributed by atoms with Crippen LogP contribution in [0.15, 0.2) is 36.7 Å². The number of nitrogens with one attached hydrogen (secondary N) is 1. The van der Waals surface area contributed by atoms with Crippen molar-refractivity contribution in [3.05, 3.63) is 52.9 Å². The molecule has 5 heteroatoms.